The van der Waals surface area contributed by atoms with E-state index in [9.17, 15) is 0 Å². The lowest BCUT2D eigenvalue weighted by Crippen LogP contribution is -2.28. The number of halogens is 1. The number of nitrogens with one attached hydrogen (secondary N) is 1. The molecule has 0 radical (unpaired) electrons. The van der Waals surface area contributed by atoms with Gasteiger partial charge in [0.05, 0.1) is 0 Å². The topological polar surface area (TPSA) is 12.0 Å². The zero-order chi connectivity index (χ0) is 8.27. The smallest absolute Gasteiger partial charge is 0.0483 e. The molecule has 1 aliphatic rings. The van der Waals surface area contributed by atoms with Crippen molar-refractivity contribution < 1.29 is 0 Å². The summed E-state index contributed by atoms with van der Waals surface area (Å²) in [7, 11) is 0. The molecule has 1 N–H and O–H groups in total. The van der Waals surface area contributed by atoms with Crippen molar-refractivity contribution in [1.82, 2.24) is 5.32 Å². The van der Waals surface area contributed by atoms with E-state index in [-0.39, 0.29) is 0 Å². The molecule has 1 saturated carbocycles. The van der Waals surface area contributed by atoms with Crippen LogP contribution in [0.1, 0.15) is 26.7 Å². The summed E-state index contributed by atoms with van der Waals surface area (Å²) in [5, 5.41) is 3.70. The first-order valence-corrected chi connectivity index (χ1v) is 4.98. The maximum absolute atomic E-state index is 6.06. The molecule has 0 bridgehead atoms. The average Bonchev–Trinajstić information content (AvgIpc) is 2.71. The molecule has 2 heteroatoms. The first kappa shape index (κ1) is 9.34. The summed E-state index contributed by atoms with van der Waals surface area (Å²) in [5.74, 6) is 1.55. The normalized spacial score (nSPS) is 20.7. The number of hydrogen-bond donors (Lipinski definition) is 1. The zero-order valence-electron chi connectivity index (χ0n) is 7.44. The van der Waals surface area contributed by atoms with Crippen LogP contribution in [0.5, 0.6) is 0 Å². The van der Waals surface area contributed by atoms with Gasteiger partial charge in [-0.05, 0) is 31.2 Å². The Hall–Kier alpha value is 0.250. The fourth-order valence-corrected chi connectivity index (χ4v) is 1.09. The van der Waals surface area contributed by atoms with E-state index in [4.69, 9.17) is 11.6 Å². The van der Waals surface area contributed by atoms with Crippen LogP contribution in [0.3, 0.4) is 0 Å². The van der Waals surface area contributed by atoms with Crippen molar-refractivity contribution >= 4 is 11.6 Å². The van der Waals surface area contributed by atoms with Crippen molar-refractivity contribution in [2.24, 2.45) is 11.8 Å². The summed E-state index contributed by atoms with van der Waals surface area (Å²) in [5.41, 5.74) is 0. The van der Waals surface area contributed by atoms with Crippen LogP contribution in [-0.2, 0) is 0 Å². The predicted molar refractivity (Wildman–Crippen MR) is 50.1 cm³/mol. The number of rotatable bonds is 5. The lowest BCUT2D eigenvalue weighted by atomic mass is 10.1. The van der Waals surface area contributed by atoms with Crippen molar-refractivity contribution in [3.8, 4) is 0 Å². The maximum Gasteiger partial charge on any atom is 0.0483 e. The molecule has 0 saturated heterocycles. The monoisotopic (exact) mass is 175 g/mol. The molecule has 0 aliphatic heterocycles. The molecule has 1 unspecified atom stereocenters. The van der Waals surface area contributed by atoms with Gasteiger partial charge in [-0.25, -0.2) is 0 Å². The number of alkyl halides is 1. The molecule has 0 aromatic rings. The van der Waals surface area contributed by atoms with Crippen LogP contribution in [-0.4, -0.2) is 18.5 Å². The summed E-state index contributed by atoms with van der Waals surface area (Å²) in [6.07, 6.45) is 2.84. The van der Waals surface area contributed by atoms with Gasteiger partial charge >= 0.3 is 0 Å². The Labute approximate surface area is 74.5 Å². The molecule has 1 nitrogen and oxygen atoms in total. The molecule has 0 amide bonds. The fourth-order valence-electron chi connectivity index (χ4n) is 0.983. The standard InChI is InChI=1S/C9H18ClN/c1-7(2)9(10)6-11-5-8-3-4-8/h7-9,11H,3-6H2,1-2H3. The molecule has 1 fully saturated rings. The molecule has 0 aromatic carbocycles. The van der Waals surface area contributed by atoms with Gasteiger partial charge in [0.2, 0.25) is 0 Å². The van der Waals surface area contributed by atoms with Crippen LogP contribution >= 0.6 is 11.6 Å². The van der Waals surface area contributed by atoms with E-state index < -0.39 is 0 Å². The van der Waals surface area contributed by atoms with Gasteiger partial charge in [-0.3, -0.25) is 0 Å². The van der Waals surface area contributed by atoms with Crippen LogP contribution in [0.2, 0.25) is 0 Å². The summed E-state index contributed by atoms with van der Waals surface area (Å²) < 4.78 is 0. The van der Waals surface area contributed by atoms with Crippen LogP contribution in [0.15, 0.2) is 0 Å². The first-order valence-electron chi connectivity index (χ1n) is 4.55. The molecule has 0 heterocycles. The summed E-state index contributed by atoms with van der Waals surface area (Å²) in [6.45, 7) is 6.47. The van der Waals surface area contributed by atoms with Crippen LogP contribution in [0, 0.1) is 11.8 Å². The van der Waals surface area contributed by atoms with Gasteiger partial charge < -0.3 is 5.32 Å². The fraction of sp³-hybridized carbons (Fsp3) is 1.00. The average molecular weight is 176 g/mol. The van der Waals surface area contributed by atoms with E-state index >= 15 is 0 Å². The van der Waals surface area contributed by atoms with E-state index in [0.717, 1.165) is 12.5 Å². The van der Waals surface area contributed by atoms with Crippen LogP contribution < -0.4 is 5.32 Å². The van der Waals surface area contributed by atoms with Gasteiger partial charge in [0.1, 0.15) is 0 Å². The lowest BCUT2D eigenvalue weighted by molar-refractivity contribution is 0.535. The third-order valence-corrected chi connectivity index (χ3v) is 2.85. The molecule has 1 atom stereocenters. The highest BCUT2D eigenvalue weighted by molar-refractivity contribution is 6.20. The third-order valence-electron chi connectivity index (χ3n) is 2.19. The second-order valence-electron chi connectivity index (χ2n) is 3.86. The highest BCUT2D eigenvalue weighted by atomic mass is 35.5. The molecular formula is C9H18ClN. The minimum atomic E-state index is 0.300. The Balaban J connectivity index is 1.92. The number of hydrogen-bond acceptors (Lipinski definition) is 1. The molecule has 1 aliphatic carbocycles. The summed E-state index contributed by atoms with van der Waals surface area (Å²) >= 11 is 6.06. The SMILES string of the molecule is CC(C)C(Cl)CNCC1CC1. The van der Waals surface area contributed by atoms with E-state index in [1.165, 1.54) is 19.4 Å². The van der Waals surface area contributed by atoms with Gasteiger partial charge in [-0.2, -0.15) is 0 Å². The van der Waals surface area contributed by atoms with Gasteiger partial charge in [0, 0.05) is 11.9 Å². The Kier molecular flexibility index (Phi) is 3.67. The van der Waals surface area contributed by atoms with E-state index in [1.54, 1.807) is 0 Å². The van der Waals surface area contributed by atoms with Crippen molar-refractivity contribution in [2.45, 2.75) is 32.1 Å². The molecule has 0 spiro atoms. The Bertz CT molecular complexity index is 110. The first-order chi connectivity index (χ1) is 5.20. The minimum Gasteiger partial charge on any atom is -0.315 e. The zero-order valence-corrected chi connectivity index (χ0v) is 8.19. The van der Waals surface area contributed by atoms with E-state index in [1.807, 2.05) is 0 Å². The second-order valence-corrected chi connectivity index (χ2v) is 4.42. The largest absolute Gasteiger partial charge is 0.315 e. The predicted octanol–water partition coefficient (Wildman–Crippen LogP) is 2.25. The highest BCUT2D eigenvalue weighted by Crippen LogP contribution is 2.27. The van der Waals surface area contributed by atoms with Crippen molar-refractivity contribution in [1.29, 1.82) is 0 Å². The maximum atomic E-state index is 6.06. The summed E-state index contributed by atoms with van der Waals surface area (Å²) in [4.78, 5) is 0. The van der Waals surface area contributed by atoms with Gasteiger partial charge in [-0.1, -0.05) is 13.8 Å². The molecule has 0 aromatic heterocycles. The minimum absolute atomic E-state index is 0.300. The Morgan fingerprint density at radius 2 is 2.09 bits per heavy atom. The quantitative estimate of drug-likeness (QED) is 0.633. The van der Waals surface area contributed by atoms with Crippen molar-refractivity contribution in [3.63, 3.8) is 0 Å². The lowest BCUT2D eigenvalue weighted by Gasteiger charge is -2.13. The molecular weight excluding hydrogens is 158 g/mol. The molecule has 11 heavy (non-hydrogen) atoms. The Morgan fingerprint density at radius 3 is 2.55 bits per heavy atom. The van der Waals surface area contributed by atoms with E-state index in [2.05, 4.69) is 19.2 Å². The van der Waals surface area contributed by atoms with Crippen molar-refractivity contribution in [2.75, 3.05) is 13.1 Å². The molecule has 1 rings (SSSR count). The van der Waals surface area contributed by atoms with Crippen molar-refractivity contribution in [3.05, 3.63) is 0 Å². The third kappa shape index (κ3) is 3.97. The van der Waals surface area contributed by atoms with Crippen LogP contribution in [0.25, 0.3) is 0 Å². The van der Waals surface area contributed by atoms with Crippen LogP contribution in [0.4, 0.5) is 0 Å². The van der Waals surface area contributed by atoms with Gasteiger partial charge in [0.25, 0.3) is 0 Å². The van der Waals surface area contributed by atoms with Gasteiger partial charge in [0.15, 0.2) is 0 Å². The summed E-state index contributed by atoms with van der Waals surface area (Å²) in [6, 6.07) is 0. The highest BCUT2D eigenvalue weighted by Gasteiger charge is 2.20. The van der Waals surface area contributed by atoms with E-state index in [0.29, 0.717) is 11.3 Å². The molecule has 66 valence electrons. The second kappa shape index (κ2) is 4.32. The Morgan fingerprint density at radius 1 is 1.45 bits per heavy atom. The van der Waals surface area contributed by atoms with Gasteiger partial charge in [-0.15, -0.1) is 11.6 Å².